The smallest absolute Gasteiger partial charge is 0.408 e. The number of hydrogen-bond donors (Lipinski definition) is 3. The molecule has 2 aromatic rings. The summed E-state index contributed by atoms with van der Waals surface area (Å²) in [6, 6.07) is 9.77. The highest BCUT2D eigenvalue weighted by Crippen LogP contribution is 2.28. The minimum atomic E-state index is -1.09. The minimum absolute atomic E-state index is 0.0695. The van der Waals surface area contributed by atoms with E-state index in [-0.39, 0.29) is 25.3 Å². The number of esters is 1. The molecule has 10 nitrogen and oxygen atoms in total. The number of carbonyl (C=O) groups excluding carboxylic acids is 4. The van der Waals surface area contributed by atoms with Gasteiger partial charge in [-0.3, -0.25) is 14.4 Å². The number of amides is 3. The van der Waals surface area contributed by atoms with Crippen molar-refractivity contribution < 1.29 is 33.8 Å². The molecule has 2 unspecified atom stereocenters. The number of aromatic hydroxyl groups is 1. The van der Waals surface area contributed by atoms with E-state index in [0.717, 1.165) is 24.0 Å². The molecule has 0 aliphatic heterocycles. The van der Waals surface area contributed by atoms with Gasteiger partial charge in [0.05, 0.1) is 7.11 Å². The van der Waals surface area contributed by atoms with Crippen LogP contribution in [-0.2, 0) is 30.3 Å². The van der Waals surface area contributed by atoms with Gasteiger partial charge in [-0.15, -0.1) is 0 Å². The van der Waals surface area contributed by atoms with Gasteiger partial charge in [0.25, 0.3) is 0 Å². The Kier molecular flexibility index (Phi) is 12.8. The predicted octanol–water partition coefficient (Wildman–Crippen LogP) is 4.49. The number of aryl methyl sites for hydroxylation is 2. The summed E-state index contributed by atoms with van der Waals surface area (Å²) in [7, 11) is 1.23. The molecular weight excluding hydrogens is 538 g/mol. The second-order valence-corrected chi connectivity index (χ2v) is 11.4. The molecule has 2 rings (SSSR count). The lowest BCUT2D eigenvalue weighted by Crippen LogP contribution is -2.54. The molecule has 0 spiro atoms. The predicted molar refractivity (Wildman–Crippen MR) is 160 cm³/mol. The maximum absolute atomic E-state index is 14.4. The summed E-state index contributed by atoms with van der Waals surface area (Å²) in [6.45, 7) is 10.9. The average Bonchev–Trinajstić information content (AvgIpc) is 2.91. The van der Waals surface area contributed by atoms with Crippen molar-refractivity contribution in [2.24, 2.45) is 0 Å². The molecule has 3 N–H and O–H groups in total. The van der Waals surface area contributed by atoms with E-state index >= 15 is 0 Å². The maximum Gasteiger partial charge on any atom is 0.408 e. The zero-order valence-electron chi connectivity index (χ0n) is 25.8. The summed E-state index contributed by atoms with van der Waals surface area (Å²) in [4.78, 5) is 54.4. The number of hydrogen-bond acceptors (Lipinski definition) is 7. The molecule has 0 radical (unpaired) electrons. The molecule has 0 aromatic heterocycles. The Morgan fingerprint density at radius 2 is 1.67 bits per heavy atom. The number of methoxy groups -OCH3 is 1. The van der Waals surface area contributed by atoms with Crippen molar-refractivity contribution in [3.05, 3.63) is 64.7 Å². The highest BCUT2D eigenvalue weighted by molar-refractivity contribution is 5.93. The number of carbonyl (C=O) groups is 4. The number of nitrogens with one attached hydrogen (secondary N) is 2. The third-order valence-electron chi connectivity index (χ3n) is 6.57. The van der Waals surface area contributed by atoms with Crippen LogP contribution in [0.3, 0.4) is 0 Å². The highest BCUT2D eigenvalue weighted by atomic mass is 16.6. The Hall–Kier alpha value is -4.08. The van der Waals surface area contributed by atoms with Gasteiger partial charge in [-0.25, -0.2) is 4.79 Å². The van der Waals surface area contributed by atoms with Crippen molar-refractivity contribution in [2.45, 2.75) is 84.9 Å². The maximum atomic E-state index is 14.4. The number of rotatable bonds is 13. The van der Waals surface area contributed by atoms with Gasteiger partial charge in [-0.05, 0) is 69.9 Å². The molecule has 2 atom stereocenters. The van der Waals surface area contributed by atoms with Crippen LogP contribution in [0.15, 0.2) is 42.5 Å². The number of phenols is 1. The van der Waals surface area contributed by atoms with Crippen LogP contribution in [0.1, 0.15) is 75.3 Å². The number of alkyl carbamates (subject to hydrolysis) is 1. The molecule has 0 fully saturated rings. The molecule has 3 amide bonds. The lowest BCUT2D eigenvalue weighted by Gasteiger charge is -2.35. The van der Waals surface area contributed by atoms with E-state index in [9.17, 15) is 24.3 Å². The second kappa shape index (κ2) is 15.8. The molecule has 0 heterocycles. The van der Waals surface area contributed by atoms with Crippen LogP contribution in [0.25, 0.3) is 0 Å². The van der Waals surface area contributed by atoms with Crippen LogP contribution in [0.4, 0.5) is 4.79 Å². The molecule has 0 bridgehead atoms. The van der Waals surface area contributed by atoms with Crippen molar-refractivity contribution in [1.82, 2.24) is 15.5 Å². The third-order valence-corrected chi connectivity index (χ3v) is 6.57. The van der Waals surface area contributed by atoms with Gasteiger partial charge in [-0.1, -0.05) is 55.7 Å². The van der Waals surface area contributed by atoms with Crippen molar-refractivity contribution in [3.63, 3.8) is 0 Å². The first kappa shape index (κ1) is 34.1. The lowest BCUT2D eigenvalue weighted by atomic mass is 9.95. The van der Waals surface area contributed by atoms with Gasteiger partial charge in [0.1, 0.15) is 30.0 Å². The van der Waals surface area contributed by atoms with Crippen LogP contribution >= 0.6 is 0 Å². The summed E-state index contributed by atoms with van der Waals surface area (Å²) in [5, 5.41) is 15.1. The van der Waals surface area contributed by atoms with Crippen LogP contribution in [0, 0.1) is 13.8 Å². The van der Waals surface area contributed by atoms with E-state index in [1.165, 1.54) is 24.1 Å². The molecule has 42 heavy (non-hydrogen) atoms. The Morgan fingerprint density at radius 1 is 1.00 bits per heavy atom. The summed E-state index contributed by atoms with van der Waals surface area (Å²) < 4.78 is 10.2. The molecule has 0 saturated heterocycles. The second-order valence-electron chi connectivity index (χ2n) is 11.4. The standard InChI is InChI=1S/C32H45N3O7/c1-8-9-10-17-35(28(29(38)33-20-27(37)41-7)25-16-11-21(2)18-22(25)3)30(39)26(34-31(40)42-32(4,5)6)19-23-12-14-24(36)15-13-23/h11-16,18,26,28,36H,8-10,17,19-20H2,1-7H3,(H,33,38)(H,34,40). The van der Waals surface area contributed by atoms with Crippen molar-refractivity contribution in [3.8, 4) is 5.75 Å². The largest absolute Gasteiger partial charge is 0.508 e. The van der Waals surface area contributed by atoms with Gasteiger partial charge in [-0.2, -0.15) is 0 Å². The zero-order chi connectivity index (χ0) is 31.4. The highest BCUT2D eigenvalue weighted by Gasteiger charge is 2.37. The van der Waals surface area contributed by atoms with Crippen LogP contribution in [0.5, 0.6) is 5.75 Å². The number of nitrogens with zero attached hydrogens (tertiary/aromatic N) is 1. The quantitative estimate of drug-likeness (QED) is 0.234. The number of phenolic OH excluding ortho intramolecular Hbond substituents is 1. The lowest BCUT2D eigenvalue weighted by molar-refractivity contribution is -0.144. The molecule has 2 aromatic carbocycles. The Balaban J connectivity index is 2.60. The Morgan fingerprint density at radius 3 is 2.24 bits per heavy atom. The summed E-state index contributed by atoms with van der Waals surface area (Å²) in [5.41, 5.74) is 2.29. The molecule has 10 heteroatoms. The van der Waals surface area contributed by atoms with E-state index in [1.54, 1.807) is 32.9 Å². The molecule has 0 aliphatic rings. The van der Waals surface area contributed by atoms with E-state index in [4.69, 9.17) is 9.47 Å². The normalized spacial score (nSPS) is 12.5. The zero-order valence-corrected chi connectivity index (χ0v) is 25.8. The minimum Gasteiger partial charge on any atom is -0.508 e. The van der Waals surface area contributed by atoms with Gasteiger partial charge in [0, 0.05) is 13.0 Å². The summed E-state index contributed by atoms with van der Waals surface area (Å²) in [6.07, 6.45) is 1.64. The summed E-state index contributed by atoms with van der Waals surface area (Å²) >= 11 is 0. The Bertz CT molecular complexity index is 1220. The third kappa shape index (κ3) is 10.7. The summed E-state index contributed by atoms with van der Waals surface area (Å²) in [5.74, 6) is -1.58. The first-order chi connectivity index (χ1) is 19.7. The van der Waals surface area contributed by atoms with Crippen LogP contribution in [0.2, 0.25) is 0 Å². The fourth-order valence-corrected chi connectivity index (χ4v) is 4.53. The van der Waals surface area contributed by atoms with Crippen LogP contribution < -0.4 is 10.6 Å². The molecular formula is C32H45N3O7. The fraction of sp³-hybridized carbons (Fsp3) is 0.500. The number of ether oxygens (including phenoxy) is 2. The van der Waals surface area contributed by atoms with E-state index in [2.05, 4.69) is 10.6 Å². The number of unbranched alkanes of at least 4 members (excludes halogenated alkanes) is 2. The van der Waals surface area contributed by atoms with Crippen LogP contribution in [-0.4, -0.2) is 65.7 Å². The van der Waals surface area contributed by atoms with Gasteiger partial charge in [0.2, 0.25) is 11.8 Å². The first-order valence-corrected chi connectivity index (χ1v) is 14.2. The molecule has 0 aliphatic carbocycles. The van der Waals surface area contributed by atoms with Gasteiger partial charge < -0.3 is 30.1 Å². The SMILES string of the molecule is CCCCCN(C(=O)C(Cc1ccc(O)cc1)NC(=O)OC(C)(C)C)C(C(=O)NCC(=O)OC)c1ccc(C)cc1C. The average molecular weight is 584 g/mol. The molecule has 230 valence electrons. The monoisotopic (exact) mass is 583 g/mol. The molecule has 0 saturated carbocycles. The van der Waals surface area contributed by atoms with Gasteiger partial charge in [0.15, 0.2) is 0 Å². The van der Waals surface area contributed by atoms with Crippen molar-refractivity contribution in [1.29, 1.82) is 0 Å². The fourth-order valence-electron chi connectivity index (χ4n) is 4.53. The van der Waals surface area contributed by atoms with E-state index in [1.807, 2.05) is 39.0 Å². The topological polar surface area (TPSA) is 134 Å². The van der Waals surface area contributed by atoms with E-state index in [0.29, 0.717) is 17.5 Å². The van der Waals surface area contributed by atoms with Crippen molar-refractivity contribution >= 4 is 23.9 Å². The van der Waals surface area contributed by atoms with Gasteiger partial charge >= 0.3 is 12.1 Å². The number of benzene rings is 2. The van der Waals surface area contributed by atoms with Crippen molar-refractivity contribution in [2.75, 3.05) is 20.2 Å². The van der Waals surface area contributed by atoms with E-state index < -0.39 is 41.6 Å². The Labute approximate surface area is 248 Å². The first-order valence-electron chi connectivity index (χ1n) is 14.2.